The van der Waals surface area contributed by atoms with E-state index in [1.807, 2.05) is 31.2 Å². The van der Waals surface area contributed by atoms with Gasteiger partial charge in [0.2, 0.25) is 0 Å². The number of thioether (sulfide) groups is 1. The maximum absolute atomic E-state index is 13.0. The van der Waals surface area contributed by atoms with Crippen LogP contribution in [-0.4, -0.2) is 44.7 Å². The number of methoxy groups -OCH3 is 1. The van der Waals surface area contributed by atoms with Crippen molar-refractivity contribution in [2.75, 3.05) is 7.11 Å². The summed E-state index contributed by atoms with van der Waals surface area (Å²) < 4.78 is 6.74. The third-order valence-corrected chi connectivity index (χ3v) is 6.68. The molecule has 174 valence electrons. The van der Waals surface area contributed by atoms with E-state index in [2.05, 4.69) is 9.30 Å². The van der Waals surface area contributed by atoms with Crippen molar-refractivity contribution in [2.45, 2.75) is 26.4 Å². The number of carbonyl (C=O) groups is 3. The zero-order chi connectivity index (χ0) is 24.6. The number of aromatic nitrogens is 1. The molecule has 1 saturated heterocycles. The van der Waals surface area contributed by atoms with Crippen LogP contribution >= 0.6 is 11.8 Å². The van der Waals surface area contributed by atoms with Gasteiger partial charge in [0.15, 0.2) is 0 Å². The number of amides is 2. The number of non-ortho nitro benzene ring substituents is 1. The number of benzene rings is 2. The van der Waals surface area contributed by atoms with Gasteiger partial charge in [-0.15, -0.1) is 0 Å². The topological polar surface area (TPSA) is 112 Å². The largest absolute Gasteiger partial charge is 0.467 e. The average Bonchev–Trinajstić information content (AvgIpc) is 3.26. The Kier molecular flexibility index (Phi) is 6.25. The van der Waals surface area contributed by atoms with Crippen LogP contribution in [0.4, 0.5) is 10.5 Å². The fourth-order valence-electron chi connectivity index (χ4n) is 3.97. The second-order valence-electron chi connectivity index (χ2n) is 7.78. The van der Waals surface area contributed by atoms with E-state index < -0.39 is 28.1 Å². The Morgan fingerprint density at radius 2 is 1.85 bits per heavy atom. The third kappa shape index (κ3) is 4.08. The van der Waals surface area contributed by atoms with Crippen LogP contribution in [0, 0.1) is 17.0 Å². The molecule has 9 nitrogen and oxygen atoms in total. The number of hydrogen-bond acceptors (Lipinski definition) is 7. The molecular formula is C24H21N3O6S. The Morgan fingerprint density at radius 1 is 1.18 bits per heavy atom. The number of imide groups is 1. The Morgan fingerprint density at radius 3 is 2.50 bits per heavy atom. The van der Waals surface area contributed by atoms with E-state index in [-0.39, 0.29) is 10.6 Å². The van der Waals surface area contributed by atoms with Gasteiger partial charge in [-0.2, -0.15) is 0 Å². The summed E-state index contributed by atoms with van der Waals surface area (Å²) in [5.41, 5.74) is 3.48. The maximum atomic E-state index is 13.0. The number of nitro groups is 1. The second kappa shape index (κ2) is 9.14. The summed E-state index contributed by atoms with van der Waals surface area (Å²) in [6.45, 7) is 3.84. The normalized spacial score (nSPS) is 15.9. The molecule has 0 saturated carbocycles. The molecule has 2 aromatic carbocycles. The van der Waals surface area contributed by atoms with Gasteiger partial charge >= 0.3 is 5.97 Å². The Balaban J connectivity index is 1.73. The minimum atomic E-state index is -1.02. The average molecular weight is 480 g/mol. The van der Waals surface area contributed by atoms with Gasteiger partial charge < -0.3 is 9.30 Å². The van der Waals surface area contributed by atoms with Crippen molar-refractivity contribution in [1.29, 1.82) is 0 Å². The van der Waals surface area contributed by atoms with Gasteiger partial charge in [-0.05, 0) is 43.3 Å². The highest BCUT2D eigenvalue weighted by Crippen LogP contribution is 2.37. The van der Waals surface area contributed by atoms with Crippen molar-refractivity contribution in [3.63, 3.8) is 0 Å². The molecule has 1 fully saturated rings. The molecule has 1 aromatic heterocycles. The van der Waals surface area contributed by atoms with E-state index in [1.165, 1.54) is 26.2 Å². The molecule has 0 unspecified atom stereocenters. The molecule has 1 aliphatic heterocycles. The minimum absolute atomic E-state index is 0.0235. The number of nitrogens with zero attached hydrogens (tertiary/aromatic N) is 3. The number of fused-ring (bicyclic) bond motifs is 1. The highest BCUT2D eigenvalue weighted by atomic mass is 32.2. The first kappa shape index (κ1) is 23.2. The number of rotatable bonds is 6. The van der Waals surface area contributed by atoms with Crippen molar-refractivity contribution >= 4 is 51.5 Å². The number of para-hydroxylation sites is 1. The van der Waals surface area contributed by atoms with Crippen LogP contribution in [0.1, 0.15) is 23.7 Å². The van der Waals surface area contributed by atoms with E-state index in [0.717, 1.165) is 44.4 Å². The smallest absolute Gasteiger partial charge is 0.328 e. The van der Waals surface area contributed by atoms with Crippen LogP contribution in [0.3, 0.4) is 0 Å². The van der Waals surface area contributed by atoms with Crippen LogP contribution in [0.2, 0.25) is 0 Å². The Hall–Kier alpha value is -3.92. The number of hydrogen-bond donors (Lipinski definition) is 0. The Labute approximate surface area is 199 Å². The van der Waals surface area contributed by atoms with Crippen LogP contribution in [-0.2, 0) is 20.9 Å². The summed E-state index contributed by atoms with van der Waals surface area (Å²) in [5, 5.41) is 11.3. The maximum Gasteiger partial charge on any atom is 0.328 e. The quantitative estimate of drug-likeness (QED) is 0.221. The molecule has 2 heterocycles. The molecule has 0 aliphatic carbocycles. The molecule has 2 amide bonds. The van der Waals surface area contributed by atoms with Crippen LogP contribution < -0.4 is 0 Å². The molecule has 0 spiro atoms. The van der Waals surface area contributed by atoms with Gasteiger partial charge in [-0.3, -0.25) is 24.6 Å². The van der Waals surface area contributed by atoms with Crippen LogP contribution in [0.25, 0.3) is 17.0 Å². The lowest BCUT2D eigenvalue weighted by Crippen LogP contribution is -2.42. The van der Waals surface area contributed by atoms with E-state index in [9.17, 15) is 24.5 Å². The first-order valence-electron chi connectivity index (χ1n) is 10.4. The zero-order valence-corrected chi connectivity index (χ0v) is 19.5. The van der Waals surface area contributed by atoms with Gasteiger partial charge in [0.1, 0.15) is 6.04 Å². The minimum Gasteiger partial charge on any atom is -0.467 e. The molecule has 0 radical (unpaired) electrons. The molecule has 3 aromatic rings. The standard InChI is InChI=1S/C24H21N3O6S/c1-14-19(12-21-22(28)26(24(30)34-21)15(2)23(29)33-3)18-6-4-5-7-20(18)25(14)13-16-8-10-17(11-9-16)27(31)32/h4-12,15H,13H2,1-3H3/b21-12+/t15-/m0/s1. The van der Waals surface area contributed by atoms with Crippen LogP contribution in [0.5, 0.6) is 0 Å². The molecule has 0 N–H and O–H groups in total. The van der Waals surface area contributed by atoms with Crippen molar-refractivity contribution in [3.05, 3.63) is 80.4 Å². The second-order valence-corrected chi connectivity index (χ2v) is 8.77. The highest BCUT2D eigenvalue weighted by Gasteiger charge is 2.41. The summed E-state index contributed by atoms with van der Waals surface area (Å²) in [6, 6.07) is 13.0. The van der Waals surface area contributed by atoms with Gasteiger partial charge in [0.05, 0.1) is 16.9 Å². The highest BCUT2D eigenvalue weighted by molar-refractivity contribution is 8.18. The first-order chi connectivity index (χ1) is 16.2. The fourth-order valence-corrected chi connectivity index (χ4v) is 4.86. The van der Waals surface area contributed by atoms with E-state index >= 15 is 0 Å². The molecule has 4 rings (SSSR count). The van der Waals surface area contributed by atoms with Crippen molar-refractivity contribution < 1.29 is 24.0 Å². The van der Waals surface area contributed by atoms with E-state index in [1.54, 1.807) is 18.2 Å². The predicted octanol–water partition coefficient (Wildman–Crippen LogP) is 4.50. The zero-order valence-electron chi connectivity index (χ0n) is 18.7. The SMILES string of the molecule is COC(=O)[C@H](C)N1C(=O)S/C(=C/c2c(C)n(Cc3ccc([N+](=O)[O-])cc3)c3ccccc23)C1=O. The molecule has 34 heavy (non-hydrogen) atoms. The van der Waals surface area contributed by atoms with Crippen molar-refractivity contribution in [3.8, 4) is 0 Å². The predicted molar refractivity (Wildman–Crippen MR) is 128 cm³/mol. The Bertz CT molecular complexity index is 1360. The lowest BCUT2D eigenvalue weighted by atomic mass is 10.1. The number of nitro benzene ring substituents is 1. The summed E-state index contributed by atoms with van der Waals surface area (Å²) >= 11 is 0.785. The van der Waals surface area contributed by atoms with Gasteiger partial charge in [-0.25, -0.2) is 4.79 Å². The molecule has 1 aliphatic rings. The van der Waals surface area contributed by atoms with E-state index in [4.69, 9.17) is 0 Å². The lowest BCUT2D eigenvalue weighted by Gasteiger charge is -2.18. The van der Waals surface area contributed by atoms with Gasteiger partial charge in [0.25, 0.3) is 16.8 Å². The van der Waals surface area contributed by atoms with Crippen molar-refractivity contribution in [2.24, 2.45) is 0 Å². The molecule has 1 atom stereocenters. The molecular weight excluding hydrogens is 458 g/mol. The molecule has 10 heteroatoms. The van der Waals surface area contributed by atoms with Gasteiger partial charge in [-0.1, -0.05) is 30.3 Å². The van der Waals surface area contributed by atoms with Crippen molar-refractivity contribution in [1.82, 2.24) is 9.47 Å². The summed E-state index contributed by atoms with van der Waals surface area (Å²) in [7, 11) is 1.21. The monoisotopic (exact) mass is 479 g/mol. The fraction of sp³-hybridized carbons (Fsp3) is 0.208. The summed E-state index contributed by atoms with van der Waals surface area (Å²) in [5.74, 6) is -1.21. The van der Waals surface area contributed by atoms with Gasteiger partial charge in [0, 0.05) is 40.8 Å². The molecule has 0 bridgehead atoms. The third-order valence-electron chi connectivity index (χ3n) is 5.80. The number of carbonyl (C=O) groups excluding carboxylic acids is 3. The number of esters is 1. The first-order valence-corrected chi connectivity index (χ1v) is 11.2. The summed E-state index contributed by atoms with van der Waals surface area (Å²) in [4.78, 5) is 49.0. The van der Waals surface area contributed by atoms with Crippen LogP contribution in [0.15, 0.2) is 53.4 Å². The van der Waals surface area contributed by atoms with E-state index in [0.29, 0.717) is 6.54 Å². The number of ether oxygens (including phenoxy) is 1. The summed E-state index contributed by atoms with van der Waals surface area (Å²) in [6.07, 6.45) is 1.68. The lowest BCUT2D eigenvalue weighted by molar-refractivity contribution is -0.384.